The summed E-state index contributed by atoms with van der Waals surface area (Å²) in [5.41, 5.74) is -1.11. The zero-order chi connectivity index (χ0) is 16.7. The van der Waals surface area contributed by atoms with Crippen LogP contribution in [0.3, 0.4) is 0 Å². The maximum absolute atomic E-state index is 8.71. The quantitative estimate of drug-likeness (QED) is 0.105. The normalized spacial score (nSPS) is 14.3. The van der Waals surface area contributed by atoms with Gasteiger partial charge >= 0.3 is 0 Å². The largest absolute Gasteiger partial charge is 0.396 e. The van der Waals surface area contributed by atoms with Crippen LogP contribution in [-0.2, 0) is 9.78 Å². The number of hydrogen-bond donors (Lipinski definition) is 8. The molecule has 0 saturated carbocycles. The smallest absolute Gasteiger partial charge is 0.110 e. The molecule has 10 nitrogen and oxygen atoms in total. The van der Waals surface area contributed by atoms with Gasteiger partial charge in [-0.25, -0.2) is 9.78 Å². The van der Waals surface area contributed by atoms with Crippen molar-refractivity contribution < 1.29 is 50.6 Å². The highest BCUT2D eigenvalue weighted by Crippen LogP contribution is 2.11. The molecule has 21 heavy (non-hydrogen) atoms. The zero-order valence-electron chi connectivity index (χ0n) is 11.7. The highest BCUT2D eigenvalue weighted by Gasteiger charge is 2.26. The van der Waals surface area contributed by atoms with Gasteiger partial charge in [0, 0.05) is 0 Å². The van der Waals surface area contributed by atoms with Crippen molar-refractivity contribution in [2.45, 2.75) is 12.2 Å². The molecule has 0 heterocycles. The Morgan fingerprint density at radius 3 is 1.05 bits per heavy atom. The molecule has 0 rings (SSSR count). The Labute approximate surface area is 122 Å². The number of hydrogen-bond acceptors (Lipinski definition) is 10. The molecule has 0 amide bonds. The van der Waals surface area contributed by atoms with Crippen LogP contribution in [0, 0.1) is 5.41 Å². The standard InChI is InChI=1S/C6H14O6.C5H12O4/c7-1-5(9)3-11-12-4-6(10)2-8;6-1-5(2-7,3-8)4-9/h5-10H,1-4H2;6-9H,1-4H2. The van der Waals surface area contributed by atoms with Crippen molar-refractivity contribution in [3.05, 3.63) is 0 Å². The lowest BCUT2D eigenvalue weighted by Crippen LogP contribution is -2.37. The fourth-order valence-corrected chi connectivity index (χ4v) is 0.659. The van der Waals surface area contributed by atoms with Crippen LogP contribution in [0.4, 0.5) is 0 Å². The molecule has 130 valence electrons. The maximum Gasteiger partial charge on any atom is 0.110 e. The molecule has 0 aromatic rings. The fraction of sp³-hybridized carbons (Fsp3) is 1.00. The van der Waals surface area contributed by atoms with E-state index in [1.165, 1.54) is 0 Å². The molecule has 0 aromatic carbocycles. The Morgan fingerprint density at radius 2 is 0.905 bits per heavy atom. The summed E-state index contributed by atoms with van der Waals surface area (Å²) in [6, 6.07) is 0. The molecule has 2 unspecified atom stereocenters. The van der Waals surface area contributed by atoms with E-state index in [0.717, 1.165) is 0 Å². The number of aliphatic hydroxyl groups is 8. The molecule has 0 aliphatic carbocycles. The van der Waals surface area contributed by atoms with E-state index < -0.39 is 57.3 Å². The van der Waals surface area contributed by atoms with Crippen LogP contribution in [0.15, 0.2) is 0 Å². The number of aliphatic hydroxyl groups excluding tert-OH is 8. The Morgan fingerprint density at radius 1 is 0.619 bits per heavy atom. The first-order valence-electron chi connectivity index (χ1n) is 6.20. The molecule has 0 aliphatic rings. The minimum Gasteiger partial charge on any atom is -0.396 e. The molecular formula is C11H26O10. The van der Waals surface area contributed by atoms with Crippen LogP contribution in [0.5, 0.6) is 0 Å². The third kappa shape index (κ3) is 11.9. The number of rotatable bonds is 11. The average molecular weight is 318 g/mol. The third-order valence-corrected chi connectivity index (χ3v) is 2.37. The van der Waals surface area contributed by atoms with Gasteiger partial charge in [-0.05, 0) is 0 Å². The molecule has 0 aromatic heterocycles. The van der Waals surface area contributed by atoms with Gasteiger partial charge in [0.2, 0.25) is 0 Å². The molecular weight excluding hydrogens is 292 g/mol. The van der Waals surface area contributed by atoms with Gasteiger partial charge in [-0.15, -0.1) is 0 Å². The van der Waals surface area contributed by atoms with Crippen LogP contribution >= 0.6 is 0 Å². The van der Waals surface area contributed by atoms with Gasteiger partial charge in [-0.3, -0.25) is 0 Å². The van der Waals surface area contributed by atoms with Crippen molar-refractivity contribution in [2.24, 2.45) is 5.41 Å². The van der Waals surface area contributed by atoms with Gasteiger partial charge in [-0.2, -0.15) is 0 Å². The van der Waals surface area contributed by atoms with Gasteiger partial charge in [0.25, 0.3) is 0 Å². The lowest BCUT2D eigenvalue weighted by Gasteiger charge is -2.23. The molecule has 0 bridgehead atoms. The minimum absolute atomic E-state index is 0.172. The summed E-state index contributed by atoms with van der Waals surface area (Å²) < 4.78 is 0. The Balaban J connectivity index is 0. The molecule has 8 N–H and O–H groups in total. The van der Waals surface area contributed by atoms with Crippen LogP contribution < -0.4 is 0 Å². The van der Waals surface area contributed by atoms with Crippen LogP contribution in [0.1, 0.15) is 0 Å². The van der Waals surface area contributed by atoms with Crippen LogP contribution in [0.25, 0.3) is 0 Å². The Hall–Kier alpha value is -0.400. The fourth-order valence-electron chi connectivity index (χ4n) is 0.659. The third-order valence-electron chi connectivity index (χ3n) is 2.37. The molecule has 10 heteroatoms. The first kappa shape index (κ1) is 22.9. The molecule has 0 saturated heterocycles. The highest BCUT2D eigenvalue weighted by molar-refractivity contribution is 4.74. The first-order valence-corrected chi connectivity index (χ1v) is 6.20. The van der Waals surface area contributed by atoms with Crippen molar-refractivity contribution in [1.82, 2.24) is 0 Å². The van der Waals surface area contributed by atoms with E-state index in [2.05, 4.69) is 9.78 Å². The molecule has 0 fully saturated rings. The van der Waals surface area contributed by atoms with Crippen molar-refractivity contribution >= 4 is 0 Å². The topological polar surface area (TPSA) is 180 Å². The Bertz CT molecular complexity index is 182. The second-order valence-corrected chi connectivity index (χ2v) is 4.37. The predicted molar refractivity (Wildman–Crippen MR) is 68.9 cm³/mol. The zero-order valence-corrected chi connectivity index (χ0v) is 11.7. The Kier molecular flexibility index (Phi) is 15.8. The summed E-state index contributed by atoms with van der Waals surface area (Å²) in [6.07, 6.45) is -1.98. The molecule has 0 spiro atoms. The van der Waals surface area contributed by atoms with Crippen molar-refractivity contribution in [3.63, 3.8) is 0 Å². The lowest BCUT2D eigenvalue weighted by molar-refractivity contribution is -0.316. The summed E-state index contributed by atoms with van der Waals surface area (Å²) in [5, 5.41) is 68.0. The van der Waals surface area contributed by atoms with Crippen LogP contribution in [-0.4, -0.2) is 106 Å². The van der Waals surface area contributed by atoms with E-state index in [1.54, 1.807) is 0 Å². The second-order valence-electron chi connectivity index (χ2n) is 4.37. The van der Waals surface area contributed by atoms with Gasteiger partial charge < -0.3 is 40.9 Å². The van der Waals surface area contributed by atoms with Crippen LogP contribution in [0.2, 0.25) is 0 Å². The summed E-state index contributed by atoms with van der Waals surface area (Å²) in [6.45, 7) is -2.79. The summed E-state index contributed by atoms with van der Waals surface area (Å²) in [4.78, 5) is 8.76. The summed E-state index contributed by atoms with van der Waals surface area (Å²) >= 11 is 0. The van der Waals surface area contributed by atoms with E-state index in [1.807, 2.05) is 0 Å². The van der Waals surface area contributed by atoms with Gasteiger partial charge in [0.15, 0.2) is 0 Å². The summed E-state index contributed by atoms with van der Waals surface area (Å²) in [5.74, 6) is 0. The van der Waals surface area contributed by atoms with Crippen molar-refractivity contribution in [3.8, 4) is 0 Å². The second kappa shape index (κ2) is 14.5. The predicted octanol–water partition coefficient (Wildman–Crippen LogP) is -4.42. The van der Waals surface area contributed by atoms with Crippen molar-refractivity contribution in [2.75, 3.05) is 52.9 Å². The summed E-state index contributed by atoms with van der Waals surface area (Å²) in [7, 11) is 0. The minimum atomic E-state index is -1.11. The van der Waals surface area contributed by atoms with Gasteiger partial charge in [-0.1, -0.05) is 0 Å². The van der Waals surface area contributed by atoms with E-state index >= 15 is 0 Å². The molecule has 2 atom stereocenters. The molecule has 0 radical (unpaired) electrons. The monoisotopic (exact) mass is 318 g/mol. The van der Waals surface area contributed by atoms with E-state index in [9.17, 15) is 0 Å². The highest BCUT2D eigenvalue weighted by atomic mass is 17.2. The lowest BCUT2D eigenvalue weighted by atomic mass is 9.93. The van der Waals surface area contributed by atoms with E-state index in [4.69, 9.17) is 40.9 Å². The molecule has 0 aliphatic heterocycles. The maximum atomic E-state index is 8.71. The first-order chi connectivity index (χ1) is 9.94. The average Bonchev–Trinajstić information content (AvgIpc) is 2.54. The van der Waals surface area contributed by atoms with Crippen molar-refractivity contribution in [1.29, 1.82) is 0 Å². The van der Waals surface area contributed by atoms with E-state index in [0.29, 0.717) is 0 Å². The SMILES string of the molecule is OCC(CO)(CO)CO.OCC(O)COOCC(O)CO. The van der Waals surface area contributed by atoms with E-state index in [-0.39, 0.29) is 13.2 Å². The van der Waals surface area contributed by atoms with Gasteiger partial charge in [0.05, 0.1) is 45.1 Å². The van der Waals surface area contributed by atoms with Gasteiger partial charge in [0.1, 0.15) is 25.4 Å².